The van der Waals surface area contributed by atoms with Gasteiger partial charge in [-0.25, -0.2) is 0 Å². The van der Waals surface area contributed by atoms with E-state index in [0.717, 1.165) is 18.9 Å². The third kappa shape index (κ3) is 2.41. The van der Waals surface area contributed by atoms with Crippen LogP contribution in [0.3, 0.4) is 0 Å². The van der Waals surface area contributed by atoms with Gasteiger partial charge in [0.15, 0.2) is 0 Å². The Morgan fingerprint density at radius 3 is 2.45 bits per heavy atom. The maximum Gasteiger partial charge on any atom is 0.261 e. The molecule has 4 heteroatoms. The molecule has 2 N–H and O–H groups in total. The fourth-order valence-electron chi connectivity index (χ4n) is 0.622. The van der Waals surface area contributed by atoms with Crippen molar-refractivity contribution in [1.82, 2.24) is 10.9 Å². The lowest BCUT2D eigenvalue weighted by Crippen LogP contribution is -2.41. The minimum atomic E-state index is -0.390. The molecule has 1 fully saturated rings. The lowest BCUT2D eigenvalue weighted by atomic mass is 10.4. The molecule has 11 heavy (non-hydrogen) atoms. The molecular formula is C7H10N2O2. The van der Waals surface area contributed by atoms with Crippen molar-refractivity contribution in [3.8, 4) is 0 Å². The van der Waals surface area contributed by atoms with Crippen LogP contribution in [-0.4, -0.2) is 11.8 Å². The number of carbonyl (C=O) groups excluding carboxylic acids is 2. The molecule has 0 unspecified atom stereocenters. The SMILES string of the molecule is C=CC(=O)NNC(=O)C1CC1. The molecule has 1 aliphatic rings. The van der Waals surface area contributed by atoms with Crippen molar-refractivity contribution in [2.75, 3.05) is 0 Å². The average molecular weight is 154 g/mol. The molecule has 0 spiro atoms. The smallest absolute Gasteiger partial charge is 0.261 e. The summed E-state index contributed by atoms with van der Waals surface area (Å²) in [6.07, 6.45) is 2.96. The van der Waals surface area contributed by atoms with Crippen LogP contribution in [0.15, 0.2) is 12.7 Å². The van der Waals surface area contributed by atoms with Crippen LogP contribution in [-0.2, 0) is 9.59 Å². The zero-order chi connectivity index (χ0) is 8.27. The average Bonchev–Trinajstić information content (AvgIpc) is 2.81. The van der Waals surface area contributed by atoms with Gasteiger partial charge in [0.05, 0.1) is 0 Å². The van der Waals surface area contributed by atoms with Crippen LogP contribution in [0.25, 0.3) is 0 Å². The topological polar surface area (TPSA) is 58.2 Å². The molecule has 1 rings (SSSR count). The molecule has 0 aromatic carbocycles. The van der Waals surface area contributed by atoms with E-state index >= 15 is 0 Å². The van der Waals surface area contributed by atoms with Gasteiger partial charge in [-0.15, -0.1) is 0 Å². The van der Waals surface area contributed by atoms with E-state index in [2.05, 4.69) is 17.4 Å². The van der Waals surface area contributed by atoms with Gasteiger partial charge >= 0.3 is 0 Å². The van der Waals surface area contributed by atoms with Crippen LogP contribution < -0.4 is 10.9 Å². The predicted molar refractivity (Wildman–Crippen MR) is 39.2 cm³/mol. The van der Waals surface area contributed by atoms with Gasteiger partial charge in [-0.05, 0) is 18.9 Å². The van der Waals surface area contributed by atoms with Gasteiger partial charge in [0.25, 0.3) is 5.91 Å². The predicted octanol–water partition coefficient (Wildman–Crippen LogP) is -0.270. The number of rotatable bonds is 2. The van der Waals surface area contributed by atoms with E-state index in [1.165, 1.54) is 0 Å². The molecule has 1 saturated carbocycles. The Morgan fingerprint density at radius 1 is 1.36 bits per heavy atom. The highest BCUT2D eigenvalue weighted by Gasteiger charge is 2.29. The van der Waals surface area contributed by atoms with Gasteiger partial charge in [0.1, 0.15) is 0 Å². The summed E-state index contributed by atoms with van der Waals surface area (Å²) in [6.45, 7) is 3.24. The summed E-state index contributed by atoms with van der Waals surface area (Å²) in [5, 5.41) is 0. The quantitative estimate of drug-likeness (QED) is 0.425. The number of amides is 2. The second-order valence-electron chi connectivity index (χ2n) is 2.46. The number of nitrogens with one attached hydrogen (secondary N) is 2. The Labute approximate surface area is 64.6 Å². The molecule has 0 atom stereocenters. The third-order valence-corrected chi connectivity index (χ3v) is 1.44. The van der Waals surface area contributed by atoms with Gasteiger partial charge < -0.3 is 0 Å². The van der Waals surface area contributed by atoms with Gasteiger partial charge in [0.2, 0.25) is 5.91 Å². The Balaban J connectivity index is 2.15. The van der Waals surface area contributed by atoms with Crippen molar-refractivity contribution in [2.24, 2.45) is 5.92 Å². The van der Waals surface area contributed by atoms with Gasteiger partial charge in [-0.2, -0.15) is 0 Å². The molecule has 0 aliphatic heterocycles. The van der Waals surface area contributed by atoms with Gasteiger partial charge in [-0.3, -0.25) is 20.4 Å². The van der Waals surface area contributed by atoms with Crippen molar-refractivity contribution in [2.45, 2.75) is 12.8 Å². The largest absolute Gasteiger partial charge is 0.273 e. The highest BCUT2D eigenvalue weighted by atomic mass is 16.2. The van der Waals surface area contributed by atoms with Crippen LogP contribution in [0, 0.1) is 5.92 Å². The standard InChI is InChI=1S/C7H10N2O2/c1-2-6(10)8-9-7(11)5-3-4-5/h2,5H,1,3-4H2,(H,8,10)(H,9,11). The first-order valence-corrected chi connectivity index (χ1v) is 3.46. The van der Waals surface area contributed by atoms with Crippen LogP contribution in [0.2, 0.25) is 0 Å². The Hall–Kier alpha value is -1.32. The normalized spacial score (nSPS) is 15.3. The molecule has 0 heterocycles. The molecule has 0 bridgehead atoms. The van der Waals surface area contributed by atoms with Gasteiger partial charge in [-0.1, -0.05) is 6.58 Å². The summed E-state index contributed by atoms with van der Waals surface area (Å²) in [7, 11) is 0. The highest BCUT2D eigenvalue weighted by molar-refractivity contribution is 5.89. The molecule has 60 valence electrons. The number of carbonyl (C=O) groups is 2. The first kappa shape index (κ1) is 7.78. The number of hydrogen-bond acceptors (Lipinski definition) is 2. The second-order valence-corrected chi connectivity index (χ2v) is 2.46. The van der Waals surface area contributed by atoms with Crippen molar-refractivity contribution < 1.29 is 9.59 Å². The van der Waals surface area contributed by atoms with E-state index in [1.54, 1.807) is 0 Å². The Morgan fingerprint density at radius 2 is 2.00 bits per heavy atom. The summed E-state index contributed by atoms with van der Waals surface area (Å²) < 4.78 is 0. The summed E-state index contributed by atoms with van der Waals surface area (Å²) in [4.78, 5) is 21.4. The zero-order valence-electron chi connectivity index (χ0n) is 6.09. The molecular weight excluding hydrogens is 144 g/mol. The molecule has 2 amide bonds. The Kier molecular flexibility index (Phi) is 2.25. The molecule has 0 aromatic rings. The fourth-order valence-corrected chi connectivity index (χ4v) is 0.622. The Bertz CT molecular complexity index is 197. The van der Waals surface area contributed by atoms with Crippen LogP contribution in [0.5, 0.6) is 0 Å². The molecule has 1 aliphatic carbocycles. The van der Waals surface area contributed by atoms with E-state index in [0.29, 0.717) is 0 Å². The van der Waals surface area contributed by atoms with E-state index < -0.39 is 0 Å². The number of hydrazine groups is 1. The van der Waals surface area contributed by atoms with E-state index in [-0.39, 0.29) is 17.7 Å². The fraction of sp³-hybridized carbons (Fsp3) is 0.429. The molecule has 0 aromatic heterocycles. The van der Waals surface area contributed by atoms with Crippen molar-refractivity contribution in [1.29, 1.82) is 0 Å². The lowest BCUT2D eigenvalue weighted by molar-refractivity contribution is -0.127. The maximum absolute atomic E-state index is 10.9. The molecule has 0 radical (unpaired) electrons. The lowest BCUT2D eigenvalue weighted by Gasteiger charge is -2.02. The van der Waals surface area contributed by atoms with E-state index in [4.69, 9.17) is 0 Å². The zero-order valence-corrected chi connectivity index (χ0v) is 6.09. The summed E-state index contributed by atoms with van der Waals surface area (Å²) >= 11 is 0. The monoisotopic (exact) mass is 154 g/mol. The summed E-state index contributed by atoms with van der Waals surface area (Å²) in [5.74, 6) is -0.390. The van der Waals surface area contributed by atoms with Crippen molar-refractivity contribution in [3.63, 3.8) is 0 Å². The highest BCUT2D eigenvalue weighted by Crippen LogP contribution is 2.28. The summed E-state index contributed by atoms with van der Waals surface area (Å²) in [5.41, 5.74) is 4.48. The first-order chi connectivity index (χ1) is 5.24. The van der Waals surface area contributed by atoms with Gasteiger partial charge in [0, 0.05) is 5.92 Å². The van der Waals surface area contributed by atoms with Crippen molar-refractivity contribution >= 4 is 11.8 Å². The van der Waals surface area contributed by atoms with E-state index in [9.17, 15) is 9.59 Å². The van der Waals surface area contributed by atoms with Crippen molar-refractivity contribution in [3.05, 3.63) is 12.7 Å². The minimum Gasteiger partial charge on any atom is -0.273 e. The molecule has 0 saturated heterocycles. The second kappa shape index (κ2) is 3.18. The van der Waals surface area contributed by atoms with Crippen LogP contribution >= 0.6 is 0 Å². The van der Waals surface area contributed by atoms with Crippen LogP contribution in [0.1, 0.15) is 12.8 Å². The third-order valence-electron chi connectivity index (χ3n) is 1.44. The summed E-state index contributed by atoms with van der Waals surface area (Å²) in [6, 6.07) is 0. The minimum absolute atomic E-state index is 0.111. The van der Waals surface area contributed by atoms with Crippen LogP contribution in [0.4, 0.5) is 0 Å². The molecule has 4 nitrogen and oxygen atoms in total. The number of hydrogen-bond donors (Lipinski definition) is 2. The first-order valence-electron chi connectivity index (χ1n) is 3.46. The maximum atomic E-state index is 10.9. The van der Waals surface area contributed by atoms with E-state index in [1.807, 2.05) is 0 Å².